The van der Waals surface area contributed by atoms with Crippen LogP contribution in [0, 0.1) is 0 Å². The quantitative estimate of drug-likeness (QED) is 0.910. The lowest BCUT2D eigenvalue weighted by atomic mass is 9.84. The minimum absolute atomic E-state index is 0.134. The van der Waals surface area contributed by atoms with E-state index in [2.05, 4.69) is 24.1 Å². The van der Waals surface area contributed by atoms with Crippen LogP contribution in [-0.2, 0) is 5.41 Å². The van der Waals surface area contributed by atoms with Gasteiger partial charge < -0.3 is 10.0 Å². The second-order valence-corrected chi connectivity index (χ2v) is 6.43. The molecule has 1 fully saturated rings. The van der Waals surface area contributed by atoms with Gasteiger partial charge in [0, 0.05) is 17.0 Å². The molecule has 3 heteroatoms. The maximum atomic E-state index is 9.40. The summed E-state index contributed by atoms with van der Waals surface area (Å²) in [5, 5.41) is 10.2. The molecule has 18 heavy (non-hydrogen) atoms. The molecule has 1 N–H and O–H groups in total. The van der Waals surface area contributed by atoms with Gasteiger partial charge in [0.1, 0.15) is 0 Å². The number of likely N-dealkylation sites (tertiary alicyclic amines) is 1. The van der Waals surface area contributed by atoms with Gasteiger partial charge in [-0.2, -0.15) is 0 Å². The van der Waals surface area contributed by atoms with E-state index in [1.54, 1.807) is 0 Å². The van der Waals surface area contributed by atoms with Gasteiger partial charge in [0.25, 0.3) is 0 Å². The first-order chi connectivity index (χ1) is 8.44. The summed E-state index contributed by atoms with van der Waals surface area (Å²) in [5.41, 5.74) is 2.12. The largest absolute Gasteiger partial charge is 0.395 e. The fraction of sp³-hybridized carbons (Fsp3) is 0.600. The molecule has 0 radical (unpaired) electrons. The van der Waals surface area contributed by atoms with Crippen LogP contribution in [0.25, 0.3) is 0 Å². The van der Waals surface area contributed by atoms with Crippen LogP contribution >= 0.6 is 11.6 Å². The van der Waals surface area contributed by atoms with Crippen molar-refractivity contribution in [3.05, 3.63) is 34.3 Å². The van der Waals surface area contributed by atoms with Crippen LogP contribution in [0.15, 0.2) is 18.2 Å². The Bertz CT molecular complexity index is 431. The highest BCUT2D eigenvalue weighted by atomic mass is 35.5. The Hall–Kier alpha value is -0.570. The number of aliphatic hydroxyl groups excluding tert-OH is 1. The summed E-state index contributed by atoms with van der Waals surface area (Å²) in [5.74, 6) is 0.550. The maximum absolute atomic E-state index is 9.40. The Balaban J connectivity index is 2.25. The predicted octanol–water partition coefficient (Wildman–Crippen LogP) is 3.03. The van der Waals surface area contributed by atoms with Gasteiger partial charge in [-0.3, -0.25) is 0 Å². The average molecular weight is 268 g/mol. The van der Waals surface area contributed by atoms with Crippen molar-refractivity contribution in [3.8, 4) is 0 Å². The number of hydrogen-bond donors (Lipinski definition) is 1. The topological polar surface area (TPSA) is 23.5 Å². The zero-order valence-corrected chi connectivity index (χ0v) is 12.2. The molecule has 2 nitrogen and oxygen atoms in total. The first-order valence-electron chi connectivity index (χ1n) is 6.53. The molecule has 1 heterocycles. The van der Waals surface area contributed by atoms with Crippen LogP contribution < -0.4 is 0 Å². The highest BCUT2D eigenvalue weighted by molar-refractivity contribution is 6.31. The molecule has 1 unspecified atom stereocenters. The molecule has 0 spiro atoms. The Morgan fingerprint density at radius 3 is 2.67 bits per heavy atom. The molecule has 1 atom stereocenters. The molecule has 1 aliphatic rings. The van der Waals surface area contributed by atoms with E-state index < -0.39 is 0 Å². The molecule has 1 aromatic carbocycles. The summed E-state index contributed by atoms with van der Waals surface area (Å²) in [6.45, 7) is 6.42. The van der Waals surface area contributed by atoms with E-state index in [0.717, 1.165) is 23.7 Å². The molecule has 0 aliphatic carbocycles. The van der Waals surface area contributed by atoms with Crippen molar-refractivity contribution in [2.24, 2.45) is 0 Å². The first kappa shape index (κ1) is 13.9. The highest BCUT2D eigenvalue weighted by Crippen LogP contribution is 2.34. The van der Waals surface area contributed by atoms with Gasteiger partial charge in [0.2, 0.25) is 0 Å². The monoisotopic (exact) mass is 267 g/mol. The Labute approximate surface area is 115 Å². The summed E-state index contributed by atoms with van der Waals surface area (Å²) in [7, 11) is 2.15. The lowest BCUT2D eigenvalue weighted by Crippen LogP contribution is -2.22. The zero-order chi connectivity index (χ0) is 13.3. The van der Waals surface area contributed by atoms with Gasteiger partial charge in [-0.05, 0) is 43.1 Å². The van der Waals surface area contributed by atoms with Crippen LogP contribution in [0.4, 0.5) is 0 Å². The number of rotatable bonds is 3. The van der Waals surface area contributed by atoms with E-state index in [4.69, 9.17) is 11.6 Å². The van der Waals surface area contributed by atoms with Crippen molar-refractivity contribution >= 4 is 11.6 Å². The standard InChI is InChI=1S/C15H22ClNO/c1-15(2,10-18)12-4-5-13(14(16)8-12)11-6-7-17(3)9-11/h4-5,8,11,18H,6-7,9-10H2,1-3H3. The van der Waals surface area contributed by atoms with Crippen LogP contribution in [0.5, 0.6) is 0 Å². The molecule has 0 saturated carbocycles. The van der Waals surface area contributed by atoms with Gasteiger partial charge in [-0.25, -0.2) is 0 Å². The number of likely N-dealkylation sites (N-methyl/N-ethyl adjacent to an activating group) is 1. The summed E-state index contributed by atoms with van der Waals surface area (Å²) in [6.07, 6.45) is 1.18. The van der Waals surface area contributed by atoms with E-state index in [-0.39, 0.29) is 12.0 Å². The third-order valence-electron chi connectivity index (χ3n) is 4.01. The molecular formula is C15H22ClNO. The van der Waals surface area contributed by atoms with Crippen LogP contribution in [-0.4, -0.2) is 36.8 Å². The molecule has 0 bridgehead atoms. The fourth-order valence-electron chi connectivity index (χ4n) is 2.56. The normalized spacial score (nSPS) is 21.5. The second-order valence-electron chi connectivity index (χ2n) is 6.03. The van der Waals surface area contributed by atoms with Crippen molar-refractivity contribution in [1.82, 2.24) is 4.90 Å². The lowest BCUT2D eigenvalue weighted by molar-refractivity contribution is 0.218. The van der Waals surface area contributed by atoms with Crippen molar-refractivity contribution in [2.75, 3.05) is 26.7 Å². The lowest BCUT2D eigenvalue weighted by Gasteiger charge is -2.24. The highest BCUT2D eigenvalue weighted by Gasteiger charge is 2.25. The minimum Gasteiger partial charge on any atom is -0.395 e. The Morgan fingerprint density at radius 2 is 2.17 bits per heavy atom. The summed E-state index contributed by atoms with van der Waals surface area (Å²) < 4.78 is 0. The average Bonchev–Trinajstić information content (AvgIpc) is 2.75. The zero-order valence-electron chi connectivity index (χ0n) is 11.4. The van der Waals surface area contributed by atoms with Crippen molar-refractivity contribution in [1.29, 1.82) is 0 Å². The van der Waals surface area contributed by atoms with Crippen molar-refractivity contribution < 1.29 is 5.11 Å². The number of aliphatic hydroxyl groups is 1. The molecule has 1 aliphatic heterocycles. The second kappa shape index (κ2) is 5.20. The number of hydrogen-bond acceptors (Lipinski definition) is 2. The number of benzene rings is 1. The van der Waals surface area contributed by atoms with E-state index in [1.165, 1.54) is 12.0 Å². The van der Waals surface area contributed by atoms with Crippen LogP contribution in [0.3, 0.4) is 0 Å². The summed E-state index contributed by atoms with van der Waals surface area (Å²) >= 11 is 6.42. The number of halogens is 1. The molecule has 100 valence electrons. The third kappa shape index (κ3) is 2.71. The van der Waals surface area contributed by atoms with Gasteiger partial charge >= 0.3 is 0 Å². The van der Waals surface area contributed by atoms with E-state index in [0.29, 0.717) is 5.92 Å². The van der Waals surface area contributed by atoms with E-state index in [1.807, 2.05) is 19.9 Å². The number of nitrogens with zero attached hydrogens (tertiary/aromatic N) is 1. The molecule has 0 aromatic heterocycles. The van der Waals surface area contributed by atoms with Crippen molar-refractivity contribution in [3.63, 3.8) is 0 Å². The van der Waals surface area contributed by atoms with Gasteiger partial charge in [0.05, 0.1) is 6.61 Å². The predicted molar refractivity (Wildman–Crippen MR) is 76.4 cm³/mol. The Kier molecular flexibility index (Phi) is 4.00. The molecule has 0 amide bonds. The van der Waals surface area contributed by atoms with Gasteiger partial charge in [0.15, 0.2) is 0 Å². The SMILES string of the molecule is CN1CCC(c2ccc(C(C)(C)CO)cc2Cl)C1. The Morgan fingerprint density at radius 1 is 1.44 bits per heavy atom. The molecule has 1 saturated heterocycles. The maximum Gasteiger partial charge on any atom is 0.0522 e. The van der Waals surface area contributed by atoms with Crippen LogP contribution in [0.1, 0.15) is 37.3 Å². The third-order valence-corrected chi connectivity index (χ3v) is 4.34. The molecule has 2 rings (SSSR count). The van der Waals surface area contributed by atoms with E-state index in [9.17, 15) is 5.11 Å². The summed E-state index contributed by atoms with van der Waals surface area (Å²) in [4.78, 5) is 2.34. The molecular weight excluding hydrogens is 246 g/mol. The van der Waals surface area contributed by atoms with E-state index >= 15 is 0 Å². The van der Waals surface area contributed by atoms with Gasteiger partial charge in [-0.15, -0.1) is 0 Å². The molecule has 1 aromatic rings. The fourth-order valence-corrected chi connectivity index (χ4v) is 2.89. The smallest absolute Gasteiger partial charge is 0.0522 e. The van der Waals surface area contributed by atoms with Gasteiger partial charge in [-0.1, -0.05) is 37.6 Å². The first-order valence-corrected chi connectivity index (χ1v) is 6.91. The minimum atomic E-state index is -0.228. The van der Waals surface area contributed by atoms with Crippen LogP contribution in [0.2, 0.25) is 5.02 Å². The summed E-state index contributed by atoms with van der Waals surface area (Å²) in [6, 6.07) is 6.26. The van der Waals surface area contributed by atoms with Crippen molar-refractivity contribution in [2.45, 2.75) is 31.6 Å².